The van der Waals surface area contributed by atoms with Crippen LogP contribution in [0, 0.1) is 0 Å². The molecule has 0 fully saturated rings. The molecule has 0 saturated heterocycles. The zero-order chi connectivity index (χ0) is 14.5. The van der Waals surface area contributed by atoms with Crippen LogP contribution in [-0.4, -0.2) is 35.1 Å². The number of nitrogens with two attached hydrogens (primary N) is 1. The summed E-state index contributed by atoms with van der Waals surface area (Å²) >= 11 is 3.43. The van der Waals surface area contributed by atoms with E-state index in [9.17, 15) is 0 Å². The third kappa shape index (κ3) is 5.44. The topological polar surface area (TPSA) is 76.9 Å². The fourth-order valence-electron chi connectivity index (χ4n) is 1.85. The van der Waals surface area contributed by atoms with Crippen molar-refractivity contribution in [2.45, 2.75) is 19.5 Å². The zero-order valence-corrected chi connectivity index (χ0v) is 15.8. The monoisotopic (exact) mass is 467 g/mol. The predicted octanol–water partition coefficient (Wildman–Crippen LogP) is 2.15. The van der Waals surface area contributed by atoms with E-state index in [0.29, 0.717) is 19.1 Å². The van der Waals surface area contributed by atoms with Crippen LogP contribution in [-0.2, 0) is 11.3 Å². The first kappa shape index (κ1) is 18.2. The fourth-order valence-corrected chi connectivity index (χ4v) is 2.20. The van der Waals surface area contributed by atoms with E-state index in [1.807, 2.05) is 35.9 Å². The van der Waals surface area contributed by atoms with Gasteiger partial charge in [0.1, 0.15) is 5.65 Å². The van der Waals surface area contributed by atoms with Gasteiger partial charge in [-0.15, -0.1) is 24.0 Å². The van der Waals surface area contributed by atoms with Crippen molar-refractivity contribution in [2.24, 2.45) is 10.7 Å². The molecule has 1 unspecified atom stereocenters. The molecule has 0 bridgehead atoms. The van der Waals surface area contributed by atoms with Gasteiger partial charge in [0.05, 0.1) is 18.8 Å². The highest BCUT2D eigenvalue weighted by atomic mass is 127. The summed E-state index contributed by atoms with van der Waals surface area (Å²) < 4.78 is 7.98. The highest BCUT2D eigenvalue weighted by Crippen LogP contribution is 2.12. The van der Waals surface area contributed by atoms with Crippen molar-refractivity contribution >= 4 is 51.5 Å². The Morgan fingerprint density at radius 2 is 2.29 bits per heavy atom. The van der Waals surface area contributed by atoms with Crippen molar-refractivity contribution in [2.75, 3.05) is 13.7 Å². The Labute approximate surface area is 149 Å². The van der Waals surface area contributed by atoms with E-state index in [2.05, 4.69) is 31.2 Å². The normalized spacial score (nSPS) is 13.0. The first-order valence-corrected chi connectivity index (χ1v) is 7.06. The molecule has 2 rings (SSSR count). The summed E-state index contributed by atoms with van der Waals surface area (Å²) in [7, 11) is 1.65. The molecule has 2 aromatic heterocycles. The van der Waals surface area contributed by atoms with Crippen molar-refractivity contribution in [1.29, 1.82) is 0 Å². The number of aromatic nitrogens is 2. The van der Waals surface area contributed by atoms with Gasteiger partial charge < -0.3 is 20.2 Å². The Kier molecular flexibility index (Phi) is 7.40. The lowest BCUT2D eigenvalue weighted by atomic mass is 10.4. The van der Waals surface area contributed by atoms with Crippen LogP contribution >= 0.6 is 39.9 Å². The summed E-state index contributed by atoms with van der Waals surface area (Å²) in [5.74, 6) is 0.396. The minimum Gasteiger partial charge on any atom is -0.383 e. The largest absolute Gasteiger partial charge is 0.383 e. The lowest BCUT2D eigenvalue weighted by Gasteiger charge is -2.12. The van der Waals surface area contributed by atoms with E-state index in [1.165, 1.54) is 0 Å². The highest BCUT2D eigenvalue weighted by molar-refractivity contribution is 14.0. The molecule has 2 aromatic rings. The molecule has 3 N–H and O–H groups in total. The number of hydrogen-bond acceptors (Lipinski definition) is 3. The standard InChI is InChI=1S/C13H18BrN5O.HI/c1-9(8-20-2)17-13(15)16-5-11-7-19-6-10(14)3-4-12(19)18-11;/h3-4,6-7,9H,5,8H2,1-2H3,(H3,15,16,17);1H. The number of halogens is 2. The summed E-state index contributed by atoms with van der Waals surface area (Å²) in [5.41, 5.74) is 7.57. The molecule has 6 nitrogen and oxygen atoms in total. The number of imidazole rings is 1. The van der Waals surface area contributed by atoms with Crippen molar-refractivity contribution in [3.63, 3.8) is 0 Å². The molecule has 0 aliphatic rings. The Morgan fingerprint density at radius 1 is 1.52 bits per heavy atom. The third-order valence-corrected chi connectivity index (χ3v) is 3.16. The van der Waals surface area contributed by atoms with E-state index in [-0.39, 0.29) is 30.0 Å². The lowest BCUT2D eigenvalue weighted by molar-refractivity contribution is 0.179. The average Bonchev–Trinajstić information content (AvgIpc) is 2.78. The minimum absolute atomic E-state index is 0. The molecule has 0 radical (unpaired) electrons. The van der Waals surface area contributed by atoms with Gasteiger partial charge in [-0.2, -0.15) is 0 Å². The van der Waals surface area contributed by atoms with E-state index in [1.54, 1.807) is 7.11 Å². The Morgan fingerprint density at radius 3 is 3.00 bits per heavy atom. The van der Waals surface area contributed by atoms with Crippen LogP contribution in [0.4, 0.5) is 0 Å². The molecule has 2 heterocycles. The first-order valence-electron chi connectivity index (χ1n) is 6.27. The SMILES string of the molecule is COCC(C)NC(N)=NCc1cn2cc(Br)ccc2n1.I. The van der Waals surface area contributed by atoms with Gasteiger partial charge in [0.2, 0.25) is 0 Å². The Bertz CT molecular complexity index is 616. The maximum atomic E-state index is 5.81. The van der Waals surface area contributed by atoms with Crippen molar-refractivity contribution in [3.8, 4) is 0 Å². The van der Waals surface area contributed by atoms with Crippen molar-refractivity contribution < 1.29 is 4.74 Å². The smallest absolute Gasteiger partial charge is 0.189 e. The molecule has 0 saturated carbocycles. The van der Waals surface area contributed by atoms with Crippen LogP contribution in [0.2, 0.25) is 0 Å². The van der Waals surface area contributed by atoms with Gasteiger partial charge in [-0.25, -0.2) is 9.98 Å². The lowest BCUT2D eigenvalue weighted by Crippen LogP contribution is -2.40. The van der Waals surface area contributed by atoms with Crippen LogP contribution in [0.5, 0.6) is 0 Å². The van der Waals surface area contributed by atoms with Gasteiger partial charge in [-0.1, -0.05) is 0 Å². The van der Waals surface area contributed by atoms with Gasteiger partial charge in [0, 0.05) is 30.0 Å². The molecule has 116 valence electrons. The van der Waals surface area contributed by atoms with Gasteiger partial charge in [-0.3, -0.25) is 0 Å². The number of ether oxygens (including phenoxy) is 1. The molecule has 0 aliphatic heterocycles. The number of methoxy groups -OCH3 is 1. The molecular formula is C13H19BrIN5O. The number of aliphatic imine (C=N–C) groups is 1. The fraction of sp³-hybridized carbons (Fsp3) is 0.385. The molecule has 21 heavy (non-hydrogen) atoms. The van der Waals surface area contributed by atoms with E-state index < -0.39 is 0 Å². The van der Waals surface area contributed by atoms with Crippen LogP contribution in [0.1, 0.15) is 12.6 Å². The number of pyridine rings is 1. The maximum absolute atomic E-state index is 5.81. The van der Waals surface area contributed by atoms with E-state index in [0.717, 1.165) is 15.8 Å². The summed E-state index contributed by atoms with van der Waals surface area (Å²) in [6.07, 6.45) is 3.90. The quantitative estimate of drug-likeness (QED) is 0.401. The first-order chi connectivity index (χ1) is 9.58. The number of rotatable bonds is 5. The van der Waals surface area contributed by atoms with Gasteiger partial charge in [-0.05, 0) is 35.0 Å². The van der Waals surface area contributed by atoms with Gasteiger partial charge in [0.25, 0.3) is 0 Å². The maximum Gasteiger partial charge on any atom is 0.189 e. The number of nitrogens with zero attached hydrogens (tertiary/aromatic N) is 3. The highest BCUT2D eigenvalue weighted by Gasteiger charge is 2.03. The summed E-state index contributed by atoms with van der Waals surface area (Å²) in [5, 5.41) is 3.05. The van der Waals surface area contributed by atoms with Crippen LogP contribution in [0.3, 0.4) is 0 Å². The zero-order valence-electron chi connectivity index (χ0n) is 11.9. The molecule has 0 aromatic carbocycles. The summed E-state index contributed by atoms with van der Waals surface area (Å²) in [6, 6.07) is 4.03. The molecule has 1 atom stereocenters. The number of hydrogen-bond donors (Lipinski definition) is 2. The molecule has 0 amide bonds. The van der Waals surface area contributed by atoms with Crippen LogP contribution in [0.25, 0.3) is 5.65 Å². The minimum atomic E-state index is 0. The van der Waals surface area contributed by atoms with Crippen molar-refractivity contribution in [3.05, 3.63) is 34.7 Å². The summed E-state index contributed by atoms with van der Waals surface area (Å²) in [4.78, 5) is 8.74. The van der Waals surface area contributed by atoms with Gasteiger partial charge >= 0.3 is 0 Å². The molecule has 0 aliphatic carbocycles. The Balaban J connectivity index is 0.00000220. The number of guanidine groups is 1. The van der Waals surface area contributed by atoms with E-state index >= 15 is 0 Å². The number of nitrogens with one attached hydrogen (secondary N) is 1. The Hall–Kier alpha value is -0.870. The molecule has 0 spiro atoms. The van der Waals surface area contributed by atoms with Gasteiger partial charge in [0.15, 0.2) is 5.96 Å². The van der Waals surface area contributed by atoms with Crippen LogP contribution in [0.15, 0.2) is 34.0 Å². The predicted molar refractivity (Wildman–Crippen MR) is 98.1 cm³/mol. The second-order valence-corrected chi connectivity index (χ2v) is 5.46. The second kappa shape index (κ2) is 8.54. The van der Waals surface area contributed by atoms with Crippen LogP contribution < -0.4 is 11.1 Å². The average molecular weight is 468 g/mol. The second-order valence-electron chi connectivity index (χ2n) is 4.55. The van der Waals surface area contributed by atoms with E-state index in [4.69, 9.17) is 10.5 Å². The molecular weight excluding hydrogens is 449 g/mol. The third-order valence-electron chi connectivity index (χ3n) is 2.69. The number of fused-ring (bicyclic) bond motifs is 1. The van der Waals surface area contributed by atoms with Crippen molar-refractivity contribution in [1.82, 2.24) is 14.7 Å². The summed E-state index contributed by atoms with van der Waals surface area (Å²) in [6.45, 7) is 3.00. The molecule has 8 heteroatoms.